The smallest absolute Gasteiger partial charge is 0.0312 e. The van der Waals surface area contributed by atoms with Crippen LogP contribution in [0.3, 0.4) is 0 Å². The molecule has 9 heteroatoms. The summed E-state index contributed by atoms with van der Waals surface area (Å²) in [6.45, 7) is 1.99. The van der Waals surface area contributed by atoms with Gasteiger partial charge in [0.05, 0.1) is 0 Å². The fraction of sp³-hybridized carbons (Fsp3) is 0.0833. The van der Waals surface area contributed by atoms with Crippen molar-refractivity contribution >= 4 is 19.4 Å². The van der Waals surface area contributed by atoms with Gasteiger partial charge in [-0.15, -0.1) is 0 Å². The van der Waals surface area contributed by atoms with Crippen molar-refractivity contribution in [2.24, 2.45) is 0 Å². The summed E-state index contributed by atoms with van der Waals surface area (Å²) >= 11 is 5.71. The molecule has 1 aromatic carbocycles. The summed E-state index contributed by atoms with van der Waals surface area (Å²) in [7, 11) is -10.7. The minimum absolute atomic E-state index is 0. The number of hydrogen-bond donors (Lipinski definition) is 0. The number of hydrogen-bond acceptors (Lipinski definition) is 0. The van der Waals surface area contributed by atoms with Crippen molar-refractivity contribution < 1.29 is 42.3 Å². The topological polar surface area (TPSA) is 0 Å². The molecular formula is C12H12ClF6FeP+. The molecule has 0 amide bonds. The number of benzene rings is 1. The van der Waals surface area contributed by atoms with Crippen LogP contribution in [-0.2, 0) is 17.1 Å². The van der Waals surface area contributed by atoms with Gasteiger partial charge in [0.2, 0.25) is 0 Å². The molecule has 0 aromatic heterocycles. The van der Waals surface area contributed by atoms with E-state index in [2.05, 4.69) is 0 Å². The fourth-order valence-electron chi connectivity index (χ4n) is 0.872. The minimum Gasteiger partial charge on any atom is -0.0312 e. The van der Waals surface area contributed by atoms with Gasteiger partial charge in [-0.05, 0) is 50.7 Å². The van der Waals surface area contributed by atoms with E-state index in [0.717, 1.165) is 10.6 Å². The van der Waals surface area contributed by atoms with Crippen molar-refractivity contribution in [2.75, 3.05) is 0 Å². The van der Waals surface area contributed by atoms with Crippen LogP contribution in [-0.4, -0.2) is 0 Å². The second kappa shape index (κ2) is 8.05. The van der Waals surface area contributed by atoms with Crippen LogP contribution >= 0.6 is 19.4 Å². The monoisotopic (exact) mass is 392 g/mol. The van der Waals surface area contributed by atoms with E-state index in [1.807, 2.05) is 63.3 Å². The first-order valence-electron chi connectivity index (χ1n) is 5.20. The summed E-state index contributed by atoms with van der Waals surface area (Å²) in [5.74, 6) is 0. The standard InChI is InChI=1S/C7H7Cl.C5H5.F6P.Fe/c1-6-4-2-3-5-7(6)8;1-2-4-5-3-1;1-7(2,3,4,5)6;/h2-5H,1H3;1-5H;;/q;;-1;+2. The van der Waals surface area contributed by atoms with Gasteiger partial charge in [0.1, 0.15) is 0 Å². The molecule has 2 rings (SSSR count). The normalized spacial score (nSPS) is 17.0. The zero-order chi connectivity index (χ0) is 15.9. The van der Waals surface area contributed by atoms with Crippen molar-refractivity contribution in [2.45, 2.75) is 6.92 Å². The van der Waals surface area contributed by atoms with Crippen LogP contribution in [0.15, 0.2) is 24.3 Å². The average Bonchev–Trinajstić information content (AvgIpc) is 2.76. The van der Waals surface area contributed by atoms with E-state index in [1.54, 1.807) is 0 Å². The van der Waals surface area contributed by atoms with Crippen molar-refractivity contribution in [3.8, 4) is 0 Å². The summed E-state index contributed by atoms with van der Waals surface area (Å²) in [6, 6.07) is 7.77. The van der Waals surface area contributed by atoms with Crippen LogP contribution in [0.5, 0.6) is 0 Å². The first-order chi connectivity index (χ1) is 8.75. The summed E-state index contributed by atoms with van der Waals surface area (Å²) in [6.07, 6.45) is 10.0. The Morgan fingerprint density at radius 2 is 1.05 bits per heavy atom. The third-order valence-corrected chi connectivity index (χ3v) is 2.06. The Bertz CT molecular complexity index is 376. The Hall–Kier alpha value is 0.0395. The summed E-state index contributed by atoms with van der Waals surface area (Å²) in [4.78, 5) is 0. The van der Waals surface area contributed by atoms with Crippen molar-refractivity contribution in [3.05, 3.63) is 67.0 Å². The van der Waals surface area contributed by atoms with Crippen molar-refractivity contribution in [1.82, 2.24) is 0 Å². The van der Waals surface area contributed by atoms with E-state index >= 15 is 0 Å². The van der Waals surface area contributed by atoms with Crippen LogP contribution in [0.2, 0.25) is 5.02 Å². The largest absolute Gasteiger partial charge is 2.00 e. The minimum atomic E-state index is -10.7. The van der Waals surface area contributed by atoms with Gasteiger partial charge >= 0.3 is 50.1 Å². The Morgan fingerprint density at radius 3 is 1.24 bits per heavy atom. The van der Waals surface area contributed by atoms with Crippen LogP contribution in [0.1, 0.15) is 5.56 Å². The molecule has 1 fully saturated rings. The second-order valence-electron chi connectivity index (χ2n) is 3.67. The zero-order valence-electron chi connectivity index (χ0n) is 10.6. The third kappa shape index (κ3) is 25.3. The zero-order valence-corrected chi connectivity index (χ0v) is 13.4. The van der Waals surface area contributed by atoms with Gasteiger partial charge in [0.25, 0.3) is 0 Å². The molecule has 0 nitrogen and oxygen atoms in total. The summed E-state index contributed by atoms with van der Waals surface area (Å²) in [5.41, 5.74) is 1.13. The Kier molecular flexibility index (Phi) is 8.93. The van der Waals surface area contributed by atoms with Crippen LogP contribution in [0.4, 0.5) is 25.2 Å². The number of rotatable bonds is 0. The van der Waals surface area contributed by atoms with Crippen molar-refractivity contribution in [1.29, 1.82) is 0 Å². The van der Waals surface area contributed by atoms with E-state index in [0.29, 0.717) is 0 Å². The number of aryl methyl sites for hydroxylation is 1. The van der Waals surface area contributed by atoms with Gasteiger partial charge in [-0.1, -0.05) is 29.8 Å². The van der Waals surface area contributed by atoms with E-state index in [9.17, 15) is 25.2 Å². The van der Waals surface area contributed by atoms with Gasteiger partial charge in [-0.25, -0.2) is 0 Å². The van der Waals surface area contributed by atoms with Crippen molar-refractivity contribution in [3.63, 3.8) is 0 Å². The molecule has 1 aliphatic rings. The van der Waals surface area contributed by atoms with Crippen LogP contribution < -0.4 is 0 Å². The van der Waals surface area contributed by atoms with E-state index in [4.69, 9.17) is 11.6 Å². The molecule has 0 spiro atoms. The third-order valence-electron chi connectivity index (χ3n) is 1.63. The molecule has 0 unspecified atom stereocenters. The number of halogens is 7. The molecule has 1 aromatic rings. The molecule has 0 heterocycles. The van der Waals surface area contributed by atoms with E-state index in [1.165, 1.54) is 0 Å². The molecule has 0 bridgehead atoms. The molecular weight excluding hydrogens is 380 g/mol. The first-order valence-corrected chi connectivity index (χ1v) is 7.60. The fourth-order valence-corrected chi connectivity index (χ4v) is 1.01. The van der Waals surface area contributed by atoms with Gasteiger partial charge in [0.15, 0.2) is 0 Å². The first kappa shape index (κ1) is 23.3. The second-order valence-corrected chi connectivity index (χ2v) is 5.99. The molecule has 1 saturated carbocycles. The van der Waals surface area contributed by atoms with Gasteiger partial charge in [0, 0.05) is 5.02 Å². The molecule has 1 aliphatic carbocycles. The predicted octanol–water partition coefficient (Wildman–Crippen LogP) is 7.05. The predicted molar refractivity (Wildman–Crippen MR) is 71.3 cm³/mol. The molecule has 0 saturated heterocycles. The maximum absolute atomic E-state index is 10.7. The quantitative estimate of drug-likeness (QED) is 0.252. The molecule has 0 atom stereocenters. The SMILES string of the molecule is Cc1ccccc1Cl.F[P-](F)(F)(F)(F)F.[CH]1[CH][CH][CH][CH]1.[Fe+2]. The average molecular weight is 392 g/mol. The Labute approximate surface area is 136 Å². The Balaban J connectivity index is 0. The van der Waals surface area contributed by atoms with Crippen LogP contribution in [0.25, 0.3) is 0 Å². The molecule has 5 radical (unpaired) electrons. The maximum Gasteiger partial charge on any atom is 2.00 e. The summed E-state index contributed by atoms with van der Waals surface area (Å²) < 4.78 is 59.2. The molecule has 0 N–H and O–H groups in total. The molecule has 121 valence electrons. The maximum atomic E-state index is 9.87. The summed E-state index contributed by atoms with van der Waals surface area (Å²) in [5, 5.41) is 0.840. The van der Waals surface area contributed by atoms with Gasteiger partial charge in [-0.3, -0.25) is 0 Å². The van der Waals surface area contributed by atoms with Gasteiger partial charge < -0.3 is 0 Å². The molecule has 0 aliphatic heterocycles. The van der Waals surface area contributed by atoms with E-state index < -0.39 is 7.81 Å². The van der Waals surface area contributed by atoms with Gasteiger partial charge in [-0.2, -0.15) is 0 Å². The van der Waals surface area contributed by atoms with E-state index in [-0.39, 0.29) is 17.1 Å². The molecule has 21 heavy (non-hydrogen) atoms. The Morgan fingerprint density at radius 1 is 0.762 bits per heavy atom. The van der Waals surface area contributed by atoms with Crippen LogP contribution in [0, 0.1) is 39.0 Å².